The van der Waals surface area contributed by atoms with Crippen LogP contribution in [0.25, 0.3) is 0 Å². The lowest BCUT2D eigenvalue weighted by atomic mass is 10.1. The average Bonchev–Trinajstić information content (AvgIpc) is 2.04. The van der Waals surface area contributed by atoms with Gasteiger partial charge in [-0.05, 0) is 32.8 Å². The van der Waals surface area contributed by atoms with Gasteiger partial charge >= 0.3 is 0 Å². The molecule has 13 heavy (non-hydrogen) atoms. The number of hydrogen-bond donors (Lipinski definition) is 0. The molecule has 0 fully saturated rings. The van der Waals surface area contributed by atoms with Crippen LogP contribution in [0.15, 0.2) is 24.3 Å². The zero-order chi connectivity index (χ0) is 9.68. The van der Waals surface area contributed by atoms with Gasteiger partial charge in [0.05, 0.1) is 6.10 Å². The second-order valence-electron chi connectivity index (χ2n) is 3.46. The number of aryl methyl sites for hydroxylation is 1. The van der Waals surface area contributed by atoms with E-state index in [0.717, 1.165) is 13.0 Å². The van der Waals surface area contributed by atoms with E-state index in [2.05, 4.69) is 38.1 Å². The fraction of sp³-hybridized carbons (Fsp3) is 0.500. The van der Waals surface area contributed by atoms with Crippen LogP contribution in [0.1, 0.15) is 25.0 Å². The van der Waals surface area contributed by atoms with Crippen molar-refractivity contribution in [3.63, 3.8) is 0 Å². The van der Waals surface area contributed by atoms with Crippen molar-refractivity contribution in [1.82, 2.24) is 0 Å². The third-order valence-corrected chi connectivity index (χ3v) is 2.06. The summed E-state index contributed by atoms with van der Waals surface area (Å²) in [6.07, 6.45) is 1.34. The van der Waals surface area contributed by atoms with Crippen LogP contribution >= 0.6 is 0 Å². The van der Waals surface area contributed by atoms with Crippen LogP contribution in [0, 0.1) is 6.92 Å². The molecule has 0 heterocycles. The van der Waals surface area contributed by atoms with Gasteiger partial charge in [0.15, 0.2) is 0 Å². The molecule has 0 aliphatic heterocycles. The summed E-state index contributed by atoms with van der Waals surface area (Å²) >= 11 is 0. The van der Waals surface area contributed by atoms with Gasteiger partial charge in [0, 0.05) is 6.61 Å². The Kier molecular flexibility index (Phi) is 3.97. The van der Waals surface area contributed by atoms with Crippen LogP contribution in [0.4, 0.5) is 0 Å². The minimum Gasteiger partial charge on any atom is -0.378 e. The molecule has 1 unspecified atom stereocenters. The molecule has 1 rings (SSSR count). The smallest absolute Gasteiger partial charge is 0.0587 e. The minimum absolute atomic E-state index is 0.326. The Balaban J connectivity index is 2.53. The quantitative estimate of drug-likeness (QED) is 0.688. The lowest BCUT2D eigenvalue weighted by Crippen LogP contribution is -2.11. The molecule has 0 aliphatic carbocycles. The number of hydrogen-bond acceptors (Lipinski definition) is 1. The summed E-state index contributed by atoms with van der Waals surface area (Å²) in [6.45, 7) is 7.07. The first-order valence-electron chi connectivity index (χ1n) is 4.89. The minimum atomic E-state index is 0.326. The maximum absolute atomic E-state index is 5.49. The molecule has 0 saturated heterocycles. The van der Waals surface area contributed by atoms with Gasteiger partial charge in [0.1, 0.15) is 0 Å². The Morgan fingerprint density at radius 3 is 2.77 bits per heavy atom. The molecular weight excluding hydrogens is 160 g/mol. The molecule has 0 aliphatic rings. The van der Waals surface area contributed by atoms with Gasteiger partial charge in [-0.25, -0.2) is 0 Å². The van der Waals surface area contributed by atoms with Crippen molar-refractivity contribution in [3.8, 4) is 0 Å². The van der Waals surface area contributed by atoms with Gasteiger partial charge in [-0.15, -0.1) is 0 Å². The van der Waals surface area contributed by atoms with E-state index in [1.54, 1.807) is 0 Å². The van der Waals surface area contributed by atoms with Gasteiger partial charge in [0.25, 0.3) is 0 Å². The Bertz CT molecular complexity index is 255. The summed E-state index contributed by atoms with van der Waals surface area (Å²) in [5.41, 5.74) is 2.68. The summed E-state index contributed by atoms with van der Waals surface area (Å²) in [5.74, 6) is 0. The number of ether oxygens (including phenoxy) is 1. The van der Waals surface area contributed by atoms with Crippen molar-refractivity contribution in [3.05, 3.63) is 35.4 Å². The predicted octanol–water partition coefficient (Wildman–Crippen LogP) is 2.96. The molecule has 0 spiro atoms. The second kappa shape index (κ2) is 5.03. The van der Waals surface area contributed by atoms with E-state index in [9.17, 15) is 0 Å². The molecule has 0 amide bonds. The van der Waals surface area contributed by atoms with Crippen molar-refractivity contribution in [1.29, 1.82) is 0 Å². The van der Waals surface area contributed by atoms with Gasteiger partial charge in [-0.1, -0.05) is 29.8 Å². The van der Waals surface area contributed by atoms with E-state index in [4.69, 9.17) is 4.74 Å². The second-order valence-corrected chi connectivity index (χ2v) is 3.46. The zero-order valence-electron chi connectivity index (χ0n) is 8.71. The molecule has 1 heteroatoms. The van der Waals surface area contributed by atoms with Crippen LogP contribution in [0.3, 0.4) is 0 Å². The van der Waals surface area contributed by atoms with Gasteiger partial charge < -0.3 is 4.74 Å². The number of benzene rings is 1. The number of rotatable bonds is 4. The van der Waals surface area contributed by atoms with E-state index in [0.29, 0.717) is 6.10 Å². The fourth-order valence-electron chi connectivity index (χ4n) is 1.51. The van der Waals surface area contributed by atoms with Crippen LogP contribution in [0.2, 0.25) is 0 Å². The first-order valence-corrected chi connectivity index (χ1v) is 4.89. The summed E-state index contributed by atoms with van der Waals surface area (Å²) in [6, 6.07) is 8.59. The van der Waals surface area contributed by atoms with E-state index in [-0.39, 0.29) is 0 Å². The highest BCUT2D eigenvalue weighted by atomic mass is 16.5. The van der Waals surface area contributed by atoms with Gasteiger partial charge in [0.2, 0.25) is 0 Å². The lowest BCUT2D eigenvalue weighted by molar-refractivity contribution is 0.0768. The highest BCUT2D eigenvalue weighted by Crippen LogP contribution is 2.08. The van der Waals surface area contributed by atoms with Crippen LogP contribution in [-0.2, 0) is 11.2 Å². The Morgan fingerprint density at radius 2 is 2.15 bits per heavy atom. The average molecular weight is 178 g/mol. The molecule has 72 valence electrons. The summed E-state index contributed by atoms with van der Waals surface area (Å²) in [5, 5.41) is 0. The van der Waals surface area contributed by atoms with Crippen molar-refractivity contribution in [2.45, 2.75) is 33.3 Å². The third kappa shape index (κ3) is 3.60. The molecule has 1 aromatic carbocycles. The topological polar surface area (TPSA) is 9.23 Å². The molecule has 0 aromatic heterocycles. The monoisotopic (exact) mass is 178 g/mol. The molecule has 1 aromatic rings. The Morgan fingerprint density at radius 1 is 1.38 bits per heavy atom. The van der Waals surface area contributed by atoms with Crippen molar-refractivity contribution >= 4 is 0 Å². The SMILES string of the molecule is CCOC(C)Cc1cccc(C)c1. The molecule has 0 bridgehead atoms. The van der Waals surface area contributed by atoms with Crippen LogP contribution in [-0.4, -0.2) is 12.7 Å². The van der Waals surface area contributed by atoms with Gasteiger partial charge in [-0.2, -0.15) is 0 Å². The molecule has 1 atom stereocenters. The fourth-order valence-corrected chi connectivity index (χ4v) is 1.51. The summed E-state index contributed by atoms with van der Waals surface area (Å²) in [4.78, 5) is 0. The molecule has 1 nitrogen and oxygen atoms in total. The van der Waals surface area contributed by atoms with Crippen molar-refractivity contribution < 1.29 is 4.74 Å². The van der Waals surface area contributed by atoms with E-state index in [1.807, 2.05) is 6.92 Å². The van der Waals surface area contributed by atoms with E-state index >= 15 is 0 Å². The Labute approximate surface area is 80.7 Å². The summed E-state index contributed by atoms with van der Waals surface area (Å²) < 4.78 is 5.49. The standard InChI is InChI=1S/C12H18O/c1-4-13-11(3)9-12-7-5-6-10(2)8-12/h5-8,11H,4,9H2,1-3H3. The molecule has 0 N–H and O–H groups in total. The van der Waals surface area contributed by atoms with E-state index < -0.39 is 0 Å². The largest absolute Gasteiger partial charge is 0.378 e. The summed E-state index contributed by atoms with van der Waals surface area (Å²) in [7, 11) is 0. The molecule has 0 radical (unpaired) electrons. The van der Waals surface area contributed by atoms with Crippen LogP contribution in [0.5, 0.6) is 0 Å². The molecular formula is C12H18O. The van der Waals surface area contributed by atoms with Gasteiger partial charge in [-0.3, -0.25) is 0 Å². The Hall–Kier alpha value is -0.820. The lowest BCUT2D eigenvalue weighted by Gasteiger charge is -2.11. The maximum atomic E-state index is 5.49. The first kappa shape index (κ1) is 10.3. The van der Waals surface area contributed by atoms with Crippen molar-refractivity contribution in [2.24, 2.45) is 0 Å². The highest BCUT2D eigenvalue weighted by molar-refractivity contribution is 5.22. The normalized spacial score (nSPS) is 12.8. The van der Waals surface area contributed by atoms with Crippen molar-refractivity contribution in [2.75, 3.05) is 6.61 Å². The zero-order valence-corrected chi connectivity index (χ0v) is 8.71. The predicted molar refractivity (Wildman–Crippen MR) is 56.0 cm³/mol. The maximum Gasteiger partial charge on any atom is 0.0587 e. The van der Waals surface area contributed by atoms with Crippen LogP contribution < -0.4 is 0 Å². The third-order valence-electron chi connectivity index (χ3n) is 2.06. The molecule has 0 saturated carbocycles. The first-order chi connectivity index (χ1) is 6.22. The highest BCUT2D eigenvalue weighted by Gasteiger charge is 2.02. The van der Waals surface area contributed by atoms with E-state index in [1.165, 1.54) is 11.1 Å².